The summed E-state index contributed by atoms with van der Waals surface area (Å²) in [6.45, 7) is 4.84. The number of ether oxygens (including phenoxy) is 1. The third-order valence-electron chi connectivity index (χ3n) is 4.09. The fourth-order valence-electron chi connectivity index (χ4n) is 2.77. The monoisotopic (exact) mass is 289 g/mol. The molecule has 1 aliphatic carbocycles. The summed E-state index contributed by atoms with van der Waals surface area (Å²) in [4.78, 5) is 12.1. The van der Waals surface area contributed by atoms with Crippen LogP contribution in [0.15, 0.2) is 18.2 Å². The topological polar surface area (TPSA) is 38.3 Å². The second-order valence-electron chi connectivity index (χ2n) is 5.80. The standard InChI is InChI=1S/C18H27NO2/c1-3-5-12-19-18(20)17(4-2)21-16-11-10-14-8-6-7-9-15(14)13-16/h10-11,13,17H,3-9,12H2,1-2H3,(H,19,20). The SMILES string of the molecule is CCCCNC(=O)C(CC)Oc1ccc2c(c1)CCCC2. The van der Waals surface area contributed by atoms with Crippen LogP contribution in [0.2, 0.25) is 0 Å². The van der Waals surface area contributed by atoms with Crippen molar-refractivity contribution >= 4 is 5.91 Å². The lowest BCUT2D eigenvalue weighted by Crippen LogP contribution is -2.38. The molecule has 1 aromatic carbocycles. The molecular formula is C18H27NO2. The van der Waals surface area contributed by atoms with Crippen LogP contribution >= 0.6 is 0 Å². The Morgan fingerprint density at radius 3 is 2.71 bits per heavy atom. The molecule has 1 aliphatic rings. The highest BCUT2D eigenvalue weighted by atomic mass is 16.5. The number of fused-ring (bicyclic) bond motifs is 1. The molecule has 0 saturated carbocycles. The average molecular weight is 289 g/mol. The van der Waals surface area contributed by atoms with E-state index in [1.54, 1.807) is 0 Å². The van der Waals surface area contributed by atoms with Crippen molar-refractivity contribution in [3.63, 3.8) is 0 Å². The second-order valence-corrected chi connectivity index (χ2v) is 5.80. The first-order valence-corrected chi connectivity index (χ1v) is 8.30. The predicted molar refractivity (Wildman–Crippen MR) is 85.7 cm³/mol. The Kier molecular flexibility index (Phi) is 6.09. The summed E-state index contributed by atoms with van der Waals surface area (Å²) >= 11 is 0. The molecule has 0 aliphatic heterocycles. The van der Waals surface area contributed by atoms with Gasteiger partial charge in [-0.15, -0.1) is 0 Å². The van der Waals surface area contributed by atoms with Gasteiger partial charge in [-0.25, -0.2) is 0 Å². The van der Waals surface area contributed by atoms with Crippen LogP contribution in [0.1, 0.15) is 57.1 Å². The molecular weight excluding hydrogens is 262 g/mol. The number of benzene rings is 1. The zero-order valence-electron chi connectivity index (χ0n) is 13.3. The van der Waals surface area contributed by atoms with Crippen LogP contribution in [0.4, 0.5) is 0 Å². The molecule has 0 spiro atoms. The number of unbranched alkanes of at least 4 members (excludes halogenated alkanes) is 1. The van der Waals surface area contributed by atoms with E-state index in [4.69, 9.17) is 4.74 Å². The predicted octanol–water partition coefficient (Wildman–Crippen LogP) is 3.64. The van der Waals surface area contributed by atoms with Crippen molar-refractivity contribution in [2.24, 2.45) is 0 Å². The van der Waals surface area contributed by atoms with E-state index in [0.29, 0.717) is 6.42 Å². The zero-order chi connectivity index (χ0) is 15.1. The molecule has 1 N–H and O–H groups in total. The van der Waals surface area contributed by atoms with Crippen molar-refractivity contribution in [2.45, 2.75) is 64.9 Å². The van der Waals surface area contributed by atoms with Crippen molar-refractivity contribution in [1.82, 2.24) is 5.32 Å². The largest absolute Gasteiger partial charge is 0.481 e. The summed E-state index contributed by atoms with van der Waals surface area (Å²) in [5.41, 5.74) is 2.83. The van der Waals surface area contributed by atoms with Crippen LogP contribution in [0, 0.1) is 0 Å². The normalized spacial score (nSPS) is 15.1. The van der Waals surface area contributed by atoms with Gasteiger partial charge in [-0.1, -0.05) is 26.3 Å². The maximum absolute atomic E-state index is 12.1. The summed E-state index contributed by atoms with van der Waals surface area (Å²) in [6.07, 6.45) is 7.24. The third kappa shape index (κ3) is 4.48. The van der Waals surface area contributed by atoms with Gasteiger partial charge in [0.15, 0.2) is 6.10 Å². The lowest BCUT2D eigenvalue weighted by Gasteiger charge is -2.20. The van der Waals surface area contributed by atoms with Gasteiger partial charge < -0.3 is 10.1 Å². The smallest absolute Gasteiger partial charge is 0.261 e. The summed E-state index contributed by atoms with van der Waals surface area (Å²) < 4.78 is 5.91. The molecule has 1 amide bonds. The lowest BCUT2D eigenvalue weighted by atomic mass is 9.92. The second kappa shape index (κ2) is 8.06. The number of carbonyl (C=O) groups excluding carboxylic acids is 1. The molecule has 0 heterocycles. The molecule has 0 bridgehead atoms. The molecule has 0 radical (unpaired) electrons. The van der Waals surface area contributed by atoms with Crippen LogP contribution in [0.5, 0.6) is 5.75 Å². The number of carbonyl (C=O) groups is 1. The Balaban J connectivity index is 1.96. The molecule has 116 valence electrons. The van der Waals surface area contributed by atoms with Crippen LogP contribution < -0.4 is 10.1 Å². The zero-order valence-corrected chi connectivity index (χ0v) is 13.3. The first-order chi connectivity index (χ1) is 10.2. The number of aryl methyl sites for hydroxylation is 2. The fourth-order valence-corrected chi connectivity index (χ4v) is 2.77. The van der Waals surface area contributed by atoms with E-state index in [9.17, 15) is 4.79 Å². The number of hydrogen-bond acceptors (Lipinski definition) is 2. The molecule has 0 fully saturated rings. The van der Waals surface area contributed by atoms with E-state index in [-0.39, 0.29) is 12.0 Å². The highest BCUT2D eigenvalue weighted by molar-refractivity contribution is 5.81. The fraction of sp³-hybridized carbons (Fsp3) is 0.611. The minimum Gasteiger partial charge on any atom is -0.481 e. The minimum atomic E-state index is -0.386. The van der Waals surface area contributed by atoms with Gasteiger partial charge in [-0.2, -0.15) is 0 Å². The van der Waals surface area contributed by atoms with Crippen molar-refractivity contribution in [3.8, 4) is 5.75 Å². The number of amides is 1. The van der Waals surface area contributed by atoms with Crippen LogP contribution in [-0.4, -0.2) is 18.6 Å². The molecule has 1 atom stereocenters. The van der Waals surface area contributed by atoms with Gasteiger partial charge in [0, 0.05) is 6.54 Å². The van der Waals surface area contributed by atoms with Crippen LogP contribution in [0.25, 0.3) is 0 Å². The van der Waals surface area contributed by atoms with Crippen LogP contribution in [0.3, 0.4) is 0 Å². The molecule has 0 aromatic heterocycles. The maximum atomic E-state index is 12.1. The van der Waals surface area contributed by atoms with Crippen molar-refractivity contribution in [1.29, 1.82) is 0 Å². The Morgan fingerprint density at radius 1 is 1.24 bits per heavy atom. The highest BCUT2D eigenvalue weighted by Crippen LogP contribution is 2.26. The summed E-state index contributed by atoms with van der Waals surface area (Å²) in [5, 5.41) is 2.95. The molecule has 0 saturated heterocycles. The lowest BCUT2D eigenvalue weighted by molar-refractivity contribution is -0.128. The van der Waals surface area contributed by atoms with Gasteiger partial charge in [0.05, 0.1) is 0 Å². The number of nitrogens with one attached hydrogen (secondary N) is 1. The van der Waals surface area contributed by atoms with E-state index in [1.165, 1.54) is 30.4 Å². The van der Waals surface area contributed by atoms with Crippen molar-refractivity contribution in [3.05, 3.63) is 29.3 Å². The summed E-state index contributed by atoms with van der Waals surface area (Å²) in [5.74, 6) is 0.830. The van der Waals surface area contributed by atoms with Gasteiger partial charge in [-0.3, -0.25) is 4.79 Å². The Hall–Kier alpha value is -1.51. The Labute approximate surface area is 128 Å². The van der Waals surface area contributed by atoms with Gasteiger partial charge >= 0.3 is 0 Å². The van der Waals surface area contributed by atoms with E-state index in [2.05, 4.69) is 24.4 Å². The Morgan fingerprint density at radius 2 is 2.00 bits per heavy atom. The molecule has 1 aromatic rings. The van der Waals surface area contributed by atoms with E-state index in [0.717, 1.165) is 31.6 Å². The van der Waals surface area contributed by atoms with Gasteiger partial charge in [0.1, 0.15) is 5.75 Å². The van der Waals surface area contributed by atoms with Gasteiger partial charge in [0.25, 0.3) is 5.91 Å². The van der Waals surface area contributed by atoms with E-state index >= 15 is 0 Å². The molecule has 3 nitrogen and oxygen atoms in total. The van der Waals surface area contributed by atoms with E-state index in [1.807, 2.05) is 13.0 Å². The van der Waals surface area contributed by atoms with Crippen molar-refractivity contribution < 1.29 is 9.53 Å². The average Bonchev–Trinajstić information content (AvgIpc) is 2.52. The van der Waals surface area contributed by atoms with Gasteiger partial charge in [-0.05, 0) is 61.8 Å². The minimum absolute atomic E-state index is 0.00340. The van der Waals surface area contributed by atoms with Crippen LogP contribution in [-0.2, 0) is 17.6 Å². The molecule has 2 rings (SSSR count). The van der Waals surface area contributed by atoms with Gasteiger partial charge in [0.2, 0.25) is 0 Å². The molecule has 1 unspecified atom stereocenters. The maximum Gasteiger partial charge on any atom is 0.261 e. The summed E-state index contributed by atoms with van der Waals surface area (Å²) in [7, 11) is 0. The molecule has 21 heavy (non-hydrogen) atoms. The first-order valence-electron chi connectivity index (χ1n) is 8.30. The number of rotatable bonds is 7. The van der Waals surface area contributed by atoms with E-state index < -0.39 is 0 Å². The summed E-state index contributed by atoms with van der Waals surface area (Å²) in [6, 6.07) is 6.29. The van der Waals surface area contributed by atoms with Crippen molar-refractivity contribution in [2.75, 3.05) is 6.54 Å². The quantitative estimate of drug-likeness (QED) is 0.778. The first kappa shape index (κ1) is 15.9. The number of hydrogen-bond donors (Lipinski definition) is 1. The third-order valence-corrected chi connectivity index (χ3v) is 4.09. The molecule has 3 heteroatoms. The highest BCUT2D eigenvalue weighted by Gasteiger charge is 2.18. The Bertz CT molecular complexity index is 470.